The van der Waals surface area contributed by atoms with E-state index < -0.39 is 24.5 Å². The van der Waals surface area contributed by atoms with Gasteiger partial charge in [0.15, 0.2) is 23.2 Å². The summed E-state index contributed by atoms with van der Waals surface area (Å²) in [5.74, 6) is 0.732. The van der Waals surface area contributed by atoms with Crippen LogP contribution in [0.15, 0.2) is 41.8 Å². The molecule has 4 N–H and O–H groups in total. The van der Waals surface area contributed by atoms with Crippen LogP contribution in [-0.4, -0.2) is 99.1 Å². The van der Waals surface area contributed by atoms with E-state index in [0.717, 1.165) is 5.56 Å². The Morgan fingerprint density at radius 3 is 2.80 bits per heavy atom. The molecule has 1 aliphatic rings. The van der Waals surface area contributed by atoms with Crippen molar-refractivity contribution < 1.29 is 24.5 Å². The number of nitrogens with zero attached hydrogens (tertiary/aromatic N) is 6. The first-order valence-corrected chi connectivity index (χ1v) is 11.5. The Hall–Kier alpha value is -3.16. The number of hydrogen-bond donors (Lipinski definition) is 3. The Labute approximate surface area is 202 Å². The Morgan fingerprint density at radius 2 is 2.03 bits per heavy atom. The van der Waals surface area contributed by atoms with Crippen LogP contribution in [-0.2, 0) is 14.3 Å². The molecule has 1 fully saturated rings. The van der Waals surface area contributed by atoms with Crippen LogP contribution < -0.4 is 5.73 Å². The summed E-state index contributed by atoms with van der Waals surface area (Å²) >= 11 is 0. The summed E-state index contributed by atoms with van der Waals surface area (Å²) in [6, 6.07) is 9.45. The fraction of sp³-hybridized carbons (Fsp3) is 0.478. The minimum atomic E-state index is -1.20. The fourth-order valence-corrected chi connectivity index (χ4v) is 3.95. The standard InChI is InChI=1S/C23H31N7O5/c1-3-33-11-9-27-34-12-10-29(2)13-16-18(31)19(32)23(35-16)30-21(15-7-5-4-6-8-15)28-17-20(24)25-14-26-22(17)30/h4-9,14,16,18-19,23,31-32H,3,10-13H2,1-2H3,(H2,24,25,26)/t16-,18?,19?,23-/m1/s1. The van der Waals surface area contributed by atoms with Gasteiger partial charge in [-0.3, -0.25) is 4.57 Å². The minimum Gasteiger partial charge on any atom is -0.395 e. The number of fused-ring (bicyclic) bond motifs is 1. The molecular weight excluding hydrogens is 454 g/mol. The first-order valence-electron chi connectivity index (χ1n) is 11.5. The van der Waals surface area contributed by atoms with Crippen LogP contribution in [0.2, 0.25) is 0 Å². The Bertz CT molecular complexity index is 1130. The first kappa shape index (κ1) is 24.9. The van der Waals surface area contributed by atoms with E-state index in [0.29, 0.717) is 49.9 Å². The number of aliphatic hydroxyl groups is 2. The number of anilines is 1. The SMILES string of the molecule is CCOCC=NOCCN(C)C[C@H]1O[C@@H](n2c(-c3ccccc3)nc3c(N)ncnc32)C(O)C1O. The molecule has 4 atom stereocenters. The lowest BCUT2D eigenvalue weighted by molar-refractivity contribution is -0.0427. The van der Waals surface area contributed by atoms with Crippen molar-refractivity contribution in [2.45, 2.75) is 31.5 Å². The number of nitrogen functional groups attached to an aromatic ring is 1. The molecule has 188 valence electrons. The normalized spacial score (nSPS) is 22.5. The van der Waals surface area contributed by atoms with Gasteiger partial charge in [-0.25, -0.2) is 15.0 Å². The van der Waals surface area contributed by atoms with E-state index in [1.807, 2.05) is 49.2 Å². The first-order chi connectivity index (χ1) is 17.0. The summed E-state index contributed by atoms with van der Waals surface area (Å²) in [6.45, 7) is 4.20. The molecule has 2 unspecified atom stereocenters. The number of hydrogen-bond acceptors (Lipinski definition) is 11. The molecule has 12 heteroatoms. The average molecular weight is 486 g/mol. The molecule has 3 heterocycles. The zero-order chi connectivity index (χ0) is 24.8. The zero-order valence-electron chi connectivity index (χ0n) is 19.8. The third-order valence-electron chi connectivity index (χ3n) is 5.73. The summed E-state index contributed by atoms with van der Waals surface area (Å²) in [5, 5.41) is 25.6. The maximum atomic E-state index is 11.0. The van der Waals surface area contributed by atoms with Crippen LogP contribution in [0.3, 0.4) is 0 Å². The second-order valence-corrected chi connectivity index (χ2v) is 8.19. The lowest BCUT2D eigenvalue weighted by Crippen LogP contribution is -2.39. The summed E-state index contributed by atoms with van der Waals surface area (Å²) in [5.41, 5.74) is 7.66. The second kappa shape index (κ2) is 11.5. The van der Waals surface area contributed by atoms with Gasteiger partial charge in [0, 0.05) is 25.3 Å². The Kier molecular flexibility index (Phi) is 8.21. The van der Waals surface area contributed by atoms with Crippen LogP contribution in [0.5, 0.6) is 0 Å². The molecule has 35 heavy (non-hydrogen) atoms. The molecule has 0 bridgehead atoms. The highest BCUT2D eigenvalue weighted by atomic mass is 16.6. The van der Waals surface area contributed by atoms with Crippen molar-refractivity contribution >= 4 is 23.2 Å². The molecular formula is C23H31N7O5. The number of ether oxygens (including phenoxy) is 2. The molecule has 12 nitrogen and oxygen atoms in total. The van der Waals surface area contributed by atoms with Gasteiger partial charge in [0.25, 0.3) is 0 Å². The van der Waals surface area contributed by atoms with E-state index in [-0.39, 0.29) is 5.82 Å². The monoisotopic (exact) mass is 485 g/mol. The highest BCUT2D eigenvalue weighted by molar-refractivity contribution is 5.85. The molecule has 0 radical (unpaired) electrons. The molecule has 0 spiro atoms. The largest absolute Gasteiger partial charge is 0.395 e. The van der Waals surface area contributed by atoms with Gasteiger partial charge >= 0.3 is 0 Å². The molecule has 1 aromatic carbocycles. The van der Waals surface area contributed by atoms with Gasteiger partial charge in [0.2, 0.25) is 0 Å². The average Bonchev–Trinajstić information content (AvgIpc) is 3.38. The summed E-state index contributed by atoms with van der Waals surface area (Å²) in [4.78, 5) is 20.2. The smallest absolute Gasteiger partial charge is 0.168 e. The Morgan fingerprint density at radius 1 is 1.23 bits per heavy atom. The van der Waals surface area contributed by atoms with Crippen LogP contribution >= 0.6 is 0 Å². The highest BCUT2D eigenvalue weighted by Crippen LogP contribution is 2.36. The number of rotatable bonds is 11. The number of imidazole rings is 1. The van der Waals surface area contributed by atoms with Gasteiger partial charge in [-0.1, -0.05) is 35.5 Å². The van der Waals surface area contributed by atoms with Gasteiger partial charge in [-0.2, -0.15) is 0 Å². The predicted molar refractivity (Wildman–Crippen MR) is 130 cm³/mol. The van der Waals surface area contributed by atoms with Crippen molar-refractivity contribution in [3.05, 3.63) is 36.7 Å². The van der Waals surface area contributed by atoms with Gasteiger partial charge in [0.05, 0.1) is 12.8 Å². The van der Waals surface area contributed by atoms with Crippen molar-refractivity contribution in [2.24, 2.45) is 5.16 Å². The van der Waals surface area contributed by atoms with Crippen molar-refractivity contribution in [3.8, 4) is 11.4 Å². The quantitative estimate of drug-likeness (QED) is 0.201. The molecule has 0 saturated carbocycles. The highest BCUT2D eigenvalue weighted by Gasteiger charge is 2.45. The lowest BCUT2D eigenvalue weighted by atomic mass is 10.1. The zero-order valence-corrected chi connectivity index (χ0v) is 19.8. The summed E-state index contributed by atoms with van der Waals surface area (Å²) in [7, 11) is 1.87. The molecule has 0 aliphatic carbocycles. The van der Waals surface area contributed by atoms with E-state index in [4.69, 9.17) is 20.0 Å². The summed E-state index contributed by atoms with van der Waals surface area (Å²) in [6.07, 6.45) is -0.995. The number of oxime groups is 1. The minimum absolute atomic E-state index is 0.221. The maximum Gasteiger partial charge on any atom is 0.168 e. The third kappa shape index (κ3) is 5.57. The van der Waals surface area contributed by atoms with E-state index in [9.17, 15) is 10.2 Å². The third-order valence-corrected chi connectivity index (χ3v) is 5.73. The van der Waals surface area contributed by atoms with Crippen molar-refractivity contribution in [1.82, 2.24) is 24.4 Å². The fourth-order valence-electron chi connectivity index (χ4n) is 3.95. The molecule has 1 aliphatic heterocycles. The predicted octanol–water partition coefficient (Wildman–Crippen LogP) is 0.665. The number of likely N-dealkylation sites (N-methyl/N-ethyl adjacent to an activating group) is 1. The van der Waals surface area contributed by atoms with Crippen molar-refractivity contribution in [2.75, 3.05) is 45.7 Å². The molecule has 0 amide bonds. The molecule has 1 saturated heterocycles. The van der Waals surface area contributed by atoms with Gasteiger partial charge < -0.3 is 35.2 Å². The number of benzene rings is 1. The van der Waals surface area contributed by atoms with Crippen LogP contribution in [0.25, 0.3) is 22.6 Å². The van der Waals surface area contributed by atoms with Crippen LogP contribution in [0.4, 0.5) is 5.82 Å². The number of aliphatic hydroxyl groups excluding tert-OH is 2. The number of nitrogens with two attached hydrogens (primary N) is 1. The van der Waals surface area contributed by atoms with E-state index in [2.05, 4.69) is 20.1 Å². The van der Waals surface area contributed by atoms with E-state index in [1.54, 1.807) is 10.8 Å². The molecule has 4 rings (SSSR count). The van der Waals surface area contributed by atoms with Crippen molar-refractivity contribution in [3.63, 3.8) is 0 Å². The van der Waals surface area contributed by atoms with Gasteiger partial charge in [-0.15, -0.1) is 0 Å². The molecule has 2 aromatic heterocycles. The number of aromatic nitrogens is 4. The topological polar surface area (TPSA) is 153 Å². The van der Waals surface area contributed by atoms with Crippen LogP contribution in [0, 0.1) is 0 Å². The second-order valence-electron chi connectivity index (χ2n) is 8.19. The summed E-state index contributed by atoms with van der Waals surface area (Å²) < 4.78 is 13.0. The lowest BCUT2D eigenvalue weighted by Gasteiger charge is -2.22. The Balaban J connectivity index is 1.49. The van der Waals surface area contributed by atoms with E-state index >= 15 is 0 Å². The van der Waals surface area contributed by atoms with Crippen molar-refractivity contribution in [1.29, 1.82) is 0 Å². The van der Waals surface area contributed by atoms with Crippen LogP contribution in [0.1, 0.15) is 13.2 Å². The molecule has 3 aromatic rings. The maximum absolute atomic E-state index is 11.0. The van der Waals surface area contributed by atoms with E-state index in [1.165, 1.54) is 6.33 Å². The van der Waals surface area contributed by atoms with Gasteiger partial charge in [-0.05, 0) is 14.0 Å². The van der Waals surface area contributed by atoms with Gasteiger partial charge in [0.1, 0.15) is 37.1 Å².